The first-order valence-corrected chi connectivity index (χ1v) is 13.1. The van der Waals surface area contributed by atoms with E-state index in [0.29, 0.717) is 34.5 Å². The van der Waals surface area contributed by atoms with Gasteiger partial charge in [-0.3, -0.25) is 4.79 Å². The van der Waals surface area contributed by atoms with Crippen LogP contribution in [0.2, 0.25) is 0 Å². The molecule has 3 aliphatic rings. The normalized spacial score (nSPS) is 20.8. The van der Waals surface area contributed by atoms with Crippen molar-refractivity contribution in [1.82, 2.24) is 10.2 Å². The lowest BCUT2D eigenvalue weighted by molar-refractivity contribution is -0.141. The van der Waals surface area contributed by atoms with Crippen molar-refractivity contribution in [2.75, 3.05) is 47.7 Å². The number of thioether (sulfide) groups is 1. The number of hydrogen-bond donors (Lipinski definition) is 1. The summed E-state index contributed by atoms with van der Waals surface area (Å²) in [5.41, 5.74) is 2.37. The Balaban J connectivity index is 1.65. The number of ether oxygens (including phenoxy) is 5. The predicted octanol–water partition coefficient (Wildman–Crippen LogP) is 3.15. The fourth-order valence-electron chi connectivity index (χ4n) is 4.52. The molecule has 11 heteroatoms. The van der Waals surface area contributed by atoms with Crippen LogP contribution >= 0.6 is 11.8 Å². The Hall–Kier alpha value is -3.02. The first-order chi connectivity index (χ1) is 18.0. The average molecular weight is 532 g/mol. The summed E-state index contributed by atoms with van der Waals surface area (Å²) in [6, 6.07) is 4.83. The fraction of sp³-hybridized carbons (Fsp3) is 0.500. The van der Waals surface area contributed by atoms with Gasteiger partial charge in [-0.15, -0.1) is 0 Å². The zero-order valence-electron chi connectivity index (χ0n) is 21.6. The Labute approximate surface area is 221 Å². The number of amidine groups is 1. The lowest BCUT2D eigenvalue weighted by Gasteiger charge is -2.36. The highest BCUT2D eigenvalue weighted by Gasteiger charge is 2.42. The number of carbonyl (C=O) groups excluding carboxylic acids is 2. The number of esters is 1. The number of nitrogens with zero attached hydrogens (tertiary/aromatic N) is 2. The molecule has 1 N–H and O–H groups in total. The topological polar surface area (TPSA) is 108 Å². The van der Waals surface area contributed by atoms with E-state index in [1.165, 1.54) is 11.8 Å². The van der Waals surface area contributed by atoms with Gasteiger partial charge in [0.15, 0.2) is 5.17 Å². The summed E-state index contributed by atoms with van der Waals surface area (Å²) in [6.45, 7) is 3.38. The van der Waals surface area contributed by atoms with E-state index in [-0.39, 0.29) is 31.6 Å². The van der Waals surface area contributed by atoms with Crippen LogP contribution in [0.4, 0.5) is 0 Å². The van der Waals surface area contributed by atoms with E-state index >= 15 is 0 Å². The van der Waals surface area contributed by atoms with E-state index < -0.39 is 12.0 Å². The summed E-state index contributed by atoms with van der Waals surface area (Å²) < 4.78 is 27.3. The number of hydrogen-bond acceptors (Lipinski definition) is 10. The van der Waals surface area contributed by atoms with Crippen molar-refractivity contribution >= 4 is 28.8 Å². The Morgan fingerprint density at radius 1 is 1.22 bits per heavy atom. The van der Waals surface area contributed by atoms with Crippen LogP contribution < -0.4 is 14.8 Å². The molecule has 200 valence electrons. The maximum atomic E-state index is 13.3. The maximum Gasteiger partial charge on any atom is 0.338 e. The van der Waals surface area contributed by atoms with Gasteiger partial charge in [-0.05, 0) is 37.3 Å². The lowest BCUT2D eigenvalue weighted by Crippen LogP contribution is -2.39. The van der Waals surface area contributed by atoms with Gasteiger partial charge < -0.3 is 33.9 Å². The second-order valence-corrected chi connectivity index (χ2v) is 9.58. The van der Waals surface area contributed by atoms with Crippen LogP contribution in [0.3, 0.4) is 0 Å². The molecule has 37 heavy (non-hydrogen) atoms. The molecule has 0 aliphatic carbocycles. The summed E-state index contributed by atoms with van der Waals surface area (Å²) in [6.07, 6.45) is 2.13. The van der Waals surface area contributed by atoms with E-state index in [0.717, 1.165) is 30.7 Å². The third-order valence-corrected chi connectivity index (χ3v) is 7.26. The lowest BCUT2D eigenvalue weighted by atomic mass is 9.93. The van der Waals surface area contributed by atoms with Crippen LogP contribution in [0, 0.1) is 0 Å². The molecule has 3 heterocycles. The second-order valence-electron chi connectivity index (χ2n) is 8.75. The highest BCUT2D eigenvalue weighted by Crippen LogP contribution is 2.47. The van der Waals surface area contributed by atoms with Gasteiger partial charge in [-0.25, -0.2) is 9.79 Å². The highest BCUT2D eigenvalue weighted by atomic mass is 32.2. The Morgan fingerprint density at radius 2 is 2.05 bits per heavy atom. The van der Waals surface area contributed by atoms with Gasteiger partial charge in [0.25, 0.3) is 0 Å². The standard InChI is InChI=1S/C26H33N3O7S/c1-16-23(25(31)36-11-10-32-2)24(20-8-7-18(33-3)13-21(20)34-4)29-17(15-37-26(29)28-16)12-22(30)27-14-19-6-5-9-35-19/h7-8,13,15,19,24H,5-6,9-12,14H2,1-4H3,(H,27,30)/t19-,24+/m1/s1. The van der Waals surface area contributed by atoms with E-state index in [9.17, 15) is 9.59 Å². The number of aliphatic imine (C=N–C) groups is 1. The van der Waals surface area contributed by atoms with E-state index in [1.807, 2.05) is 22.4 Å². The first kappa shape index (κ1) is 27.0. The molecule has 1 saturated heterocycles. The smallest absolute Gasteiger partial charge is 0.338 e. The Bertz CT molecular complexity index is 1110. The van der Waals surface area contributed by atoms with E-state index in [2.05, 4.69) is 5.32 Å². The maximum absolute atomic E-state index is 13.3. The molecule has 0 bridgehead atoms. The minimum Gasteiger partial charge on any atom is -0.497 e. The third kappa shape index (κ3) is 6.11. The summed E-state index contributed by atoms with van der Waals surface area (Å²) in [5.74, 6) is 0.536. The van der Waals surface area contributed by atoms with Crippen LogP contribution in [0.25, 0.3) is 0 Å². The monoisotopic (exact) mass is 531 g/mol. The molecule has 0 spiro atoms. The van der Waals surface area contributed by atoms with Crippen molar-refractivity contribution < 1.29 is 33.3 Å². The van der Waals surface area contributed by atoms with Crippen molar-refractivity contribution in [3.63, 3.8) is 0 Å². The fourth-order valence-corrected chi connectivity index (χ4v) is 5.49. The Kier molecular flexibility index (Phi) is 9.12. The van der Waals surface area contributed by atoms with Crippen LogP contribution in [-0.4, -0.2) is 75.7 Å². The molecular formula is C26H33N3O7S. The number of methoxy groups -OCH3 is 3. The Morgan fingerprint density at radius 3 is 2.76 bits per heavy atom. The van der Waals surface area contributed by atoms with Crippen molar-refractivity contribution in [2.45, 2.75) is 38.3 Å². The number of benzene rings is 1. The van der Waals surface area contributed by atoms with Gasteiger partial charge in [0.2, 0.25) is 5.91 Å². The van der Waals surface area contributed by atoms with Gasteiger partial charge in [0, 0.05) is 37.6 Å². The number of nitrogens with one attached hydrogen (secondary N) is 1. The molecule has 1 aromatic carbocycles. The molecule has 1 aromatic rings. The quantitative estimate of drug-likeness (QED) is 0.340. The molecule has 2 atom stereocenters. The molecule has 0 aromatic heterocycles. The molecule has 1 amide bonds. The van der Waals surface area contributed by atoms with Gasteiger partial charge >= 0.3 is 5.97 Å². The number of fused-ring (bicyclic) bond motifs is 1. The van der Waals surface area contributed by atoms with Gasteiger partial charge in [0.05, 0.1) is 50.7 Å². The van der Waals surface area contributed by atoms with Crippen LogP contribution in [-0.2, 0) is 23.8 Å². The molecule has 0 radical (unpaired) electrons. The highest BCUT2D eigenvalue weighted by molar-refractivity contribution is 8.16. The van der Waals surface area contributed by atoms with E-state index in [4.69, 9.17) is 28.7 Å². The molecule has 1 fully saturated rings. The summed E-state index contributed by atoms with van der Waals surface area (Å²) >= 11 is 1.42. The summed E-state index contributed by atoms with van der Waals surface area (Å²) in [4.78, 5) is 32.8. The van der Waals surface area contributed by atoms with Gasteiger partial charge in [-0.2, -0.15) is 0 Å². The third-order valence-electron chi connectivity index (χ3n) is 6.37. The van der Waals surface area contributed by atoms with E-state index in [1.54, 1.807) is 34.3 Å². The summed E-state index contributed by atoms with van der Waals surface area (Å²) in [7, 11) is 4.69. The molecule has 0 unspecified atom stereocenters. The average Bonchev–Trinajstić information content (AvgIpc) is 3.56. The van der Waals surface area contributed by atoms with Crippen molar-refractivity contribution in [1.29, 1.82) is 0 Å². The van der Waals surface area contributed by atoms with Crippen LogP contribution in [0.5, 0.6) is 11.5 Å². The molecule has 4 rings (SSSR count). The predicted molar refractivity (Wildman–Crippen MR) is 139 cm³/mol. The number of allylic oxidation sites excluding steroid dienone is 1. The van der Waals surface area contributed by atoms with Gasteiger partial charge in [0.1, 0.15) is 18.1 Å². The van der Waals surface area contributed by atoms with Crippen molar-refractivity contribution in [2.24, 2.45) is 4.99 Å². The minimum atomic E-state index is -0.615. The van der Waals surface area contributed by atoms with Gasteiger partial charge in [-0.1, -0.05) is 11.8 Å². The number of carbonyl (C=O) groups is 2. The molecule has 0 saturated carbocycles. The first-order valence-electron chi connectivity index (χ1n) is 12.2. The number of amides is 1. The SMILES string of the molecule is COCCOC(=O)C1=C(C)N=C2SC=C(CC(=O)NC[C@H]3CCCO3)N2[C@H]1c1ccc(OC)cc1OC. The van der Waals surface area contributed by atoms with Crippen LogP contribution in [0.1, 0.15) is 37.8 Å². The second kappa shape index (κ2) is 12.5. The van der Waals surface area contributed by atoms with Crippen molar-refractivity contribution in [3.05, 3.63) is 46.1 Å². The summed E-state index contributed by atoms with van der Waals surface area (Å²) in [5, 5.41) is 5.56. The molecule has 10 nitrogen and oxygen atoms in total. The number of rotatable bonds is 11. The van der Waals surface area contributed by atoms with Crippen molar-refractivity contribution in [3.8, 4) is 11.5 Å². The zero-order valence-corrected chi connectivity index (χ0v) is 22.4. The largest absolute Gasteiger partial charge is 0.497 e. The zero-order chi connectivity index (χ0) is 26.4. The molecule has 3 aliphatic heterocycles. The molecular weight excluding hydrogens is 498 g/mol. The minimum absolute atomic E-state index is 0.0540. The van der Waals surface area contributed by atoms with Crippen LogP contribution in [0.15, 0.2) is 45.6 Å².